The molecule has 1 aromatic heterocycles. The summed E-state index contributed by atoms with van der Waals surface area (Å²) in [4.78, 5) is 27.4. The molecule has 234 valence electrons. The number of anilines is 1. The molecule has 1 atom stereocenters. The summed E-state index contributed by atoms with van der Waals surface area (Å²) in [5, 5.41) is 6.43. The largest absolute Gasteiger partial charge is 0.447 e. The van der Waals surface area contributed by atoms with E-state index in [2.05, 4.69) is 30.8 Å². The van der Waals surface area contributed by atoms with Crippen LogP contribution >= 0.6 is 11.3 Å². The third kappa shape index (κ3) is 11.3. The smallest absolute Gasteiger partial charge is 0.404 e. The fraction of sp³-hybridized carbons (Fsp3) is 0.452. The monoisotopic (exact) mass is 631 g/mol. The van der Waals surface area contributed by atoms with Crippen molar-refractivity contribution in [1.29, 1.82) is 0 Å². The number of ether oxygens (including phenoxy) is 1. The molecule has 0 radical (unpaired) electrons. The second-order valence-electron chi connectivity index (χ2n) is 11.6. The minimum atomic E-state index is -1.64. The highest BCUT2D eigenvalue weighted by Crippen LogP contribution is 2.41. The number of benzene rings is 2. The lowest BCUT2D eigenvalue weighted by Crippen LogP contribution is -2.37. The van der Waals surface area contributed by atoms with Gasteiger partial charge in [0.25, 0.3) is 0 Å². The Kier molecular flexibility index (Phi) is 12.6. The maximum absolute atomic E-state index is 15.1. The van der Waals surface area contributed by atoms with Crippen molar-refractivity contribution in [3.05, 3.63) is 65.0 Å². The molecule has 1 fully saturated rings. The molecule has 43 heavy (non-hydrogen) atoms. The van der Waals surface area contributed by atoms with Crippen molar-refractivity contribution in [3.8, 4) is 10.4 Å². The molecule has 9 nitrogen and oxygen atoms in total. The first-order valence-electron chi connectivity index (χ1n) is 14.4. The molecule has 0 saturated heterocycles. The molecular formula is C31H42FN5O4S2. The van der Waals surface area contributed by atoms with Crippen molar-refractivity contribution in [2.24, 2.45) is 5.73 Å². The summed E-state index contributed by atoms with van der Waals surface area (Å²) in [5.74, 6) is -0.251. The summed E-state index contributed by atoms with van der Waals surface area (Å²) in [5.41, 5.74) is 6.18. The van der Waals surface area contributed by atoms with Gasteiger partial charge < -0.3 is 21.1 Å². The molecule has 3 aromatic rings. The minimum absolute atomic E-state index is 0.0995. The molecule has 0 aliphatic heterocycles. The predicted molar refractivity (Wildman–Crippen MR) is 171 cm³/mol. The van der Waals surface area contributed by atoms with Gasteiger partial charge in [0.05, 0.1) is 20.9 Å². The Balaban J connectivity index is 0.000000646. The molecule has 1 unspecified atom stereocenters. The van der Waals surface area contributed by atoms with Gasteiger partial charge in [0.15, 0.2) is 0 Å². The van der Waals surface area contributed by atoms with Crippen LogP contribution in [0.3, 0.4) is 0 Å². The topological polar surface area (TPSA) is 135 Å². The first-order chi connectivity index (χ1) is 20.3. The lowest BCUT2D eigenvalue weighted by atomic mass is 9.90. The zero-order valence-corrected chi connectivity index (χ0v) is 27.0. The summed E-state index contributed by atoms with van der Waals surface area (Å²) in [6, 6.07) is 14.3. The normalized spacial score (nSPS) is 14.4. The number of hydrogen-bond acceptors (Lipinski definition) is 6. The van der Waals surface area contributed by atoms with Gasteiger partial charge in [-0.3, -0.25) is 0 Å². The number of amides is 3. The maximum Gasteiger partial charge on any atom is 0.404 e. The van der Waals surface area contributed by atoms with Gasteiger partial charge in [-0.2, -0.15) is 4.39 Å². The SMILES string of the molecule is CC(C)(C)NS(=O)c1cc(NC(=O)NCc2ccccc2)ccc1-c1sc(C2CCCCC2)nc1F.CC(C)OC(N)=O. The molecule has 4 rings (SSSR count). The van der Waals surface area contributed by atoms with Gasteiger partial charge in [-0.15, -0.1) is 11.3 Å². The molecular weight excluding hydrogens is 590 g/mol. The van der Waals surface area contributed by atoms with Crippen LogP contribution in [0.15, 0.2) is 53.4 Å². The molecule has 3 amide bonds. The zero-order valence-electron chi connectivity index (χ0n) is 25.4. The molecule has 5 N–H and O–H groups in total. The van der Waals surface area contributed by atoms with Gasteiger partial charge in [-0.25, -0.2) is 23.5 Å². The molecule has 0 bridgehead atoms. The van der Waals surface area contributed by atoms with Gasteiger partial charge in [0.2, 0.25) is 5.95 Å². The van der Waals surface area contributed by atoms with E-state index in [0.29, 0.717) is 27.6 Å². The van der Waals surface area contributed by atoms with E-state index in [-0.39, 0.29) is 18.1 Å². The third-order valence-corrected chi connectivity index (χ3v) is 9.05. The van der Waals surface area contributed by atoms with Gasteiger partial charge in [0.1, 0.15) is 11.0 Å². The fourth-order valence-corrected chi connectivity index (χ4v) is 6.96. The summed E-state index contributed by atoms with van der Waals surface area (Å²) < 4.78 is 35.9. The second kappa shape index (κ2) is 15.9. The second-order valence-corrected chi connectivity index (χ2v) is 13.8. The Hall–Kier alpha value is -3.35. The summed E-state index contributed by atoms with van der Waals surface area (Å²) in [6.45, 7) is 9.61. The standard InChI is InChI=1S/C27H33FN4O2S2.C4H9NO2/c1-27(2,3)32-36(34)22-16-20(30-26(33)29-17-18-10-6-4-7-11-18)14-15-21(22)23-24(28)31-25(35-23)19-12-8-5-9-13-19;1-3(2)7-4(5)6/h4,6-7,10-11,14-16,19,32H,5,8-9,12-13,17H2,1-3H3,(H2,29,30,33);3H,1-2H3,(H2,5,6). The number of urea groups is 1. The number of primary amides is 1. The van der Waals surface area contributed by atoms with Crippen LogP contribution in [0.1, 0.15) is 83.2 Å². The first-order valence-corrected chi connectivity index (χ1v) is 16.3. The average molecular weight is 632 g/mol. The molecule has 1 saturated carbocycles. The first kappa shape index (κ1) is 34.1. The Morgan fingerprint density at radius 1 is 1.12 bits per heavy atom. The fourth-order valence-electron chi connectivity index (χ4n) is 4.47. The molecule has 1 aliphatic carbocycles. The highest BCUT2D eigenvalue weighted by atomic mass is 32.2. The number of halogens is 1. The van der Waals surface area contributed by atoms with Gasteiger partial charge >= 0.3 is 12.1 Å². The number of nitrogens with one attached hydrogen (secondary N) is 3. The minimum Gasteiger partial charge on any atom is -0.447 e. The van der Waals surface area contributed by atoms with Crippen LogP contribution in [0.2, 0.25) is 0 Å². The van der Waals surface area contributed by atoms with Crippen molar-refractivity contribution in [3.63, 3.8) is 0 Å². The number of nitrogens with zero attached hydrogens (tertiary/aromatic N) is 1. The van der Waals surface area contributed by atoms with E-state index in [1.54, 1.807) is 32.0 Å². The van der Waals surface area contributed by atoms with E-state index in [4.69, 9.17) is 0 Å². The van der Waals surface area contributed by atoms with Crippen LogP contribution in [0.5, 0.6) is 0 Å². The van der Waals surface area contributed by atoms with Crippen molar-refractivity contribution in [1.82, 2.24) is 15.0 Å². The molecule has 1 heterocycles. The van der Waals surface area contributed by atoms with E-state index >= 15 is 4.39 Å². The number of carbonyl (C=O) groups excluding carboxylic acids is 2. The summed E-state index contributed by atoms with van der Waals surface area (Å²) >= 11 is 1.35. The van der Waals surface area contributed by atoms with Crippen molar-refractivity contribution >= 4 is 40.1 Å². The third-order valence-electron chi connectivity index (χ3n) is 6.29. The Labute approximate surface area is 259 Å². The van der Waals surface area contributed by atoms with Crippen LogP contribution < -0.4 is 21.1 Å². The van der Waals surface area contributed by atoms with Crippen molar-refractivity contribution in [2.45, 2.75) is 95.7 Å². The number of rotatable bonds is 8. The van der Waals surface area contributed by atoms with Crippen LogP contribution in [0, 0.1) is 5.95 Å². The average Bonchev–Trinajstić information content (AvgIpc) is 3.33. The number of thiazole rings is 1. The van der Waals surface area contributed by atoms with Gasteiger partial charge in [0, 0.05) is 29.3 Å². The van der Waals surface area contributed by atoms with Crippen LogP contribution in [0.4, 0.5) is 19.7 Å². The van der Waals surface area contributed by atoms with Crippen LogP contribution in [0.25, 0.3) is 10.4 Å². The Morgan fingerprint density at radius 2 is 1.79 bits per heavy atom. The van der Waals surface area contributed by atoms with Crippen molar-refractivity contribution in [2.75, 3.05) is 5.32 Å². The molecule has 1 aliphatic rings. The Morgan fingerprint density at radius 3 is 2.37 bits per heavy atom. The molecule has 0 spiro atoms. The van der Waals surface area contributed by atoms with E-state index in [0.717, 1.165) is 36.3 Å². The number of hydrogen-bond donors (Lipinski definition) is 4. The van der Waals surface area contributed by atoms with Crippen LogP contribution in [-0.2, 0) is 22.3 Å². The zero-order chi connectivity index (χ0) is 31.6. The maximum atomic E-state index is 15.1. The Bertz CT molecular complexity index is 1390. The number of carbonyl (C=O) groups is 2. The molecule has 2 aromatic carbocycles. The van der Waals surface area contributed by atoms with E-state index in [1.165, 1.54) is 17.8 Å². The predicted octanol–water partition coefficient (Wildman–Crippen LogP) is 7.22. The van der Waals surface area contributed by atoms with Crippen molar-refractivity contribution < 1.29 is 22.9 Å². The highest BCUT2D eigenvalue weighted by molar-refractivity contribution is 7.83. The number of nitrogens with two attached hydrogens (primary N) is 1. The lowest BCUT2D eigenvalue weighted by Gasteiger charge is -2.21. The lowest BCUT2D eigenvalue weighted by molar-refractivity contribution is 0.125. The van der Waals surface area contributed by atoms with Crippen LogP contribution in [-0.4, -0.2) is 33.0 Å². The van der Waals surface area contributed by atoms with Gasteiger partial charge in [-0.1, -0.05) is 55.7 Å². The van der Waals surface area contributed by atoms with E-state index < -0.39 is 28.6 Å². The number of aromatic nitrogens is 1. The highest BCUT2D eigenvalue weighted by Gasteiger charge is 2.26. The van der Waals surface area contributed by atoms with Gasteiger partial charge in [-0.05, 0) is 65.2 Å². The van der Waals surface area contributed by atoms with E-state index in [1.807, 2.05) is 51.1 Å². The van der Waals surface area contributed by atoms with E-state index in [9.17, 15) is 13.8 Å². The molecule has 12 heteroatoms. The quantitative estimate of drug-likeness (QED) is 0.208. The summed E-state index contributed by atoms with van der Waals surface area (Å²) in [7, 11) is -1.64. The summed E-state index contributed by atoms with van der Waals surface area (Å²) in [6.07, 6.45) is 4.73.